The van der Waals surface area contributed by atoms with Gasteiger partial charge in [0.2, 0.25) is 0 Å². The summed E-state index contributed by atoms with van der Waals surface area (Å²) < 4.78 is 11.3. The molecule has 2 amide bonds. The van der Waals surface area contributed by atoms with E-state index >= 15 is 0 Å². The van der Waals surface area contributed by atoms with Crippen LogP contribution >= 0.6 is 0 Å². The normalized spacial score (nSPS) is 16.3. The maximum atomic E-state index is 12.2. The molecule has 0 aromatic heterocycles. The fraction of sp³-hybridized carbons (Fsp3) is 0.667. The summed E-state index contributed by atoms with van der Waals surface area (Å²) in [6.07, 6.45) is 0.949. The zero-order valence-corrected chi connectivity index (χ0v) is 17.5. The highest BCUT2D eigenvalue weighted by Crippen LogP contribution is 2.29. The molecule has 1 aliphatic rings. The quantitative estimate of drug-likeness (QED) is 0.755. The van der Waals surface area contributed by atoms with Gasteiger partial charge in [0.25, 0.3) is 0 Å². The Kier molecular flexibility index (Phi) is 8.23. The number of amides is 2. The van der Waals surface area contributed by atoms with E-state index in [1.807, 2.05) is 17.9 Å². The molecule has 6 nitrogen and oxygen atoms in total. The number of nitrogens with zero attached hydrogens (tertiary/aromatic N) is 2. The molecule has 152 valence electrons. The average Bonchev–Trinajstić information content (AvgIpc) is 2.67. The Morgan fingerprint density at radius 1 is 1.15 bits per heavy atom. The topological polar surface area (TPSA) is 54.0 Å². The van der Waals surface area contributed by atoms with Gasteiger partial charge in [-0.3, -0.25) is 4.90 Å². The second-order valence-electron chi connectivity index (χ2n) is 7.71. The standard InChI is InChI=1S/C21H35N3O3/c1-6-17(4)22-21(25)24-11-9-23(10-12-24)14-18-7-8-19(20(13-18)26-5)27-15-16(2)3/h7-8,13,16-17H,6,9-12,14-15H2,1-5H3,(H,22,25). The minimum absolute atomic E-state index is 0.0531. The van der Waals surface area contributed by atoms with Gasteiger partial charge in [0.15, 0.2) is 11.5 Å². The number of piperazine rings is 1. The number of hydrogen-bond donors (Lipinski definition) is 1. The molecule has 0 spiro atoms. The smallest absolute Gasteiger partial charge is 0.317 e. The summed E-state index contributed by atoms with van der Waals surface area (Å²) in [4.78, 5) is 16.5. The summed E-state index contributed by atoms with van der Waals surface area (Å²) in [5, 5.41) is 3.04. The summed E-state index contributed by atoms with van der Waals surface area (Å²) in [6.45, 7) is 13.2. The number of carbonyl (C=O) groups excluding carboxylic acids is 1. The van der Waals surface area contributed by atoms with Gasteiger partial charge in [-0.1, -0.05) is 26.8 Å². The van der Waals surface area contributed by atoms with Crippen LogP contribution in [0.1, 0.15) is 39.7 Å². The number of methoxy groups -OCH3 is 1. The molecule has 1 N–H and O–H groups in total. The summed E-state index contributed by atoms with van der Waals surface area (Å²) in [5.74, 6) is 2.05. The monoisotopic (exact) mass is 377 g/mol. The number of carbonyl (C=O) groups is 1. The van der Waals surface area contributed by atoms with E-state index in [4.69, 9.17) is 9.47 Å². The molecule has 1 aromatic rings. The van der Waals surface area contributed by atoms with Crippen molar-refractivity contribution in [2.45, 2.75) is 46.7 Å². The van der Waals surface area contributed by atoms with Gasteiger partial charge in [0.05, 0.1) is 13.7 Å². The van der Waals surface area contributed by atoms with E-state index in [1.165, 1.54) is 5.56 Å². The van der Waals surface area contributed by atoms with Crippen LogP contribution in [-0.2, 0) is 6.54 Å². The largest absolute Gasteiger partial charge is 0.493 e. The van der Waals surface area contributed by atoms with E-state index in [2.05, 4.69) is 43.1 Å². The Morgan fingerprint density at radius 2 is 1.85 bits per heavy atom. The lowest BCUT2D eigenvalue weighted by atomic mass is 10.1. The number of benzene rings is 1. The Hall–Kier alpha value is -1.95. The second kappa shape index (κ2) is 10.4. The van der Waals surface area contributed by atoms with Crippen molar-refractivity contribution in [2.75, 3.05) is 39.9 Å². The van der Waals surface area contributed by atoms with Crippen molar-refractivity contribution in [3.05, 3.63) is 23.8 Å². The highest BCUT2D eigenvalue weighted by Gasteiger charge is 2.22. The van der Waals surface area contributed by atoms with Gasteiger partial charge < -0.3 is 19.7 Å². The van der Waals surface area contributed by atoms with Crippen LogP contribution in [-0.4, -0.2) is 61.8 Å². The SMILES string of the molecule is CCC(C)NC(=O)N1CCN(Cc2ccc(OCC(C)C)c(OC)c2)CC1. The zero-order chi connectivity index (χ0) is 19.8. The summed E-state index contributed by atoms with van der Waals surface area (Å²) >= 11 is 0. The fourth-order valence-electron chi connectivity index (χ4n) is 2.96. The van der Waals surface area contributed by atoms with Crippen LogP contribution in [0.4, 0.5) is 4.79 Å². The van der Waals surface area contributed by atoms with Crippen molar-refractivity contribution < 1.29 is 14.3 Å². The van der Waals surface area contributed by atoms with Crippen molar-refractivity contribution in [1.29, 1.82) is 0 Å². The third-order valence-corrected chi connectivity index (χ3v) is 4.85. The van der Waals surface area contributed by atoms with Crippen LogP contribution in [0.3, 0.4) is 0 Å². The minimum atomic E-state index is 0.0531. The molecule has 1 aliphatic heterocycles. The van der Waals surface area contributed by atoms with Gasteiger partial charge in [-0.15, -0.1) is 0 Å². The molecule has 1 unspecified atom stereocenters. The second-order valence-corrected chi connectivity index (χ2v) is 7.71. The molecule has 1 fully saturated rings. The van der Waals surface area contributed by atoms with Gasteiger partial charge in [-0.25, -0.2) is 4.79 Å². The van der Waals surface area contributed by atoms with Gasteiger partial charge in [0.1, 0.15) is 0 Å². The third-order valence-electron chi connectivity index (χ3n) is 4.85. The average molecular weight is 378 g/mol. The summed E-state index contributed by atoms with van der Waals surface area (Å²) in [5.41, 5.74) is 1.20. The van der Waals surface area contributed by atoms with E-state index in [0.29, 0.717) is 12.5 Å². The number of urea groups is 1. The van der Waals surface area contributed by atoms with Gasteiger partial charge in [-0.2, -0.15) is 0 Å². The Labute approximate surface area is 163 Å². The van der Waals surface area contributed by atoms with Crippen LogP contribution in [0.5, 0.6) is 11.5 Å². The van der Waals surface area contributed by atoms with Gasteiger partial charge in [-0.05, 0) is 37.0 Å². The molecule has 0 radical (unpaired) electrons. The molecule has 0 saturated carbocycles. The Bertz CT molecular complexity index is 598. The highest BCUT2D eigenvalue weighted by atomic mass is 16.5. The van der Waals surface area contributed by atoms with E-state index in [1.54, 1.807) is 7.11 Å². The molecule has 1 aromatic carbocycles. The molecule has 2 rings (SSSR count). The maximum absolute atomic E-state index is 12.2. The molecule has 0 bridgehead atoms. The van der Waals surface area contributed by atoms with Crippen LogP contribution in [0.2, 0.25) is 0 Å². The molecule has 1 heterocycles. The first kappa shape index (κ1) is 21.4. The lowest BCUT2D eigenvalue weighted by Crippen LogP contribution is -2.52. The van der Waals surface area contributed by atoms with E-state index in [0.717, 1.165) is 50.6 Å². The lowest BCUT2D eigenvalue weighted by molar-refractivity contribution is 0.133. The van der Waals surface area contributed by atoms with Crippen LogP contribution in [0.25, 0.3) is 0 Å². The highest BCUT2D eigenvalue weighted by molar-refractivity contribution is 5.74. The molecule has 1 atom stereocenters. The van der Waals surface area contributed by atoms with Crippen LogP contribution in [0, 0.1) is 5.92 Å². The van der Waals surface area contributed by atoms with Crippen molar-refractivity contribution in [1.82, 2.24) is 15.1 Å². The van der Waals surface area contributed by atoms with Crippen molar-refractivity contribution in [2.24, 2.45) is 5.92 Å². The first-order valence-electron chi connectivity index (χ1n) is 10.00. The number of hydrogen-bond acceptors (Lipinski definition) is 4. The van der Waals surface area contributed by atoms with Crippen LogP contribution < -0.4 is 14.8 Å². The van der Waals surface area contributed by atoms with Crippen molar-refractivity contribution in [3.8, 4) is 11.5 Å². The lowest BCUT2D eigenvalue weighted by Gasteiger charge is -2.35. The van der Waals surface area contributed by atoms with E-state index < -0.39 is 0 Å². The van der Waals surface area contributed by atoms with Crippen molar-refractivity contribution >= 4 is 6.03 Å². The molecular formula is C21H35N3O3. The number of ether oxygens (including phenoxy) is 2. The van der Waals surface area contributed by atoms with Crippen molar-refractivity contribution in [3.63, 3.8) is 0 Å². The number of nitrogens with one attached hydrogen (secondary N) is 1. The molecule has 1 saturated heterocycles. The first-order chi connectivity index (χ1) is 12.9. The predicted octanol–water partition coefficient (Wildman–Crippen LogP) is 3.36. The maximum Gasteiger partial charge on any atom is 0.317 e. The van der Waals surface area contributed by atoms with E-state index in [-0.39, 0.29) is 12.1 Å². The molecule has 6 heteroatoms. The summed E-state index contributed by atoms with van der Waals surface area (Å²) in [7, 11) is 1.68. The number of rotatable bonds is 8. The first-order valence-corrected chi connectivity index (χ1v) is 10.00. The predicted molar refractivity (Wildman–Crippen MR) is 108 cm³/mol. The molecule has 27 heavy (non-hydrogen) atoms. The zero-order valence-electron chi connectivity index (χ0n) is 17.5. The van der Waals surface area contributed by atoms with Gasteiger partial charge in [0, 0.05) is 38.8 Å². The molecule has 0 aliphatic carbocycles. The Balaban J connectivity index is 1.86. The third kappa shape index (κ3) is 6.61. The van der Waals surface area contributed by atoms with Crippen LogP contribution in [0.15, 0.2) is 18.2 Å². The molecular weight excluding hydrogens is 342 g/mol. The van der Waals surface area contributed by atoms with E-state index in [9.17, 15) is 4.79 Å². The summed E-state index contributed by atoms with van der Waals surface area (Å²) in [6, 6.07) is 6.42. The fourth-order valence-corrected chi connectivity index (χ4v) is 2.96. The Morgan fingerprint density at radius 3 is 2.44 bits per heavy atom. The van der Waals surface area contributed by atoms with Gasteiger partial charge >= 0.3 is 6.03 Å². The minimum Gasteiger partial charge on any atom is -0.493 e.